The number of aliphatic hydroxyl groups excluding tert-OH is 1. The lowest BCUT2D eigenvalue weighted by Gasteiger charge is -2.35. The number of aliphatic hydroxyl groups is 1. The van der Waals surface area contributed by atoms with Crippen LogP contribution in [-0.2, 0) is 0 Å². The molecule has 2 unspecified atom stereocenters. The number of hydrogen-bond acceptors (Lipinski definition) is 1. The van der Waals surface area contributed by atoms with E-state index >= 15 is 0 Å². The predicted molar refractivity (Wildman–Crippen MR) is 58.9 cm³/mol. The standard InChI is InChI=1S/C13H22O/c1-8(2)9(3)13-10-4-5-11(13)7-12(14)6-10/h8,10-14H,3-7H2,1-2H3. The van der Waals surface area contributed by atoms with Gasteiger partial charge in [0.25, 0.3) is 0 Å². The zero-order valence-electron chi connectivity index (χ0n) is 9.37. The van der Waals surface area contributed by atoms with Gasteiger partial charge in [-0.25, -0.2) is 0 Å². The van der Waals surface area contributed by atoms with Gasteiger partial charge in [-0.05, 0) is 49.4 Å². The van der Waals surface area contributed by atoms with Gasteiger partial charge in [0, 0.05) is 0 Å². The van der Waals surface area contributed by atoms with Crippen LogP contribution in [-0.4, -0.2) is 11.2 Å². The Morgan fingerprint density at radius 2 is 1.71 bits per heavy atom. The first-order valence-corrected chi connectivity index (χ1v) is 5.96. The highest BCUT2D eigenvalue weighted by molar-refractivity contribution is 5.12. The normalized spacial score (nSPS) is 41.7. The van der Waals surface area contributed by atoms with Gasteiger partial charge < -0.3 is 5.11 Å². The molecule has 0 radical (unpaired) electrons. The third kappa shape index (κ3) is 1.63. The van der Waals surface area contributed by atoms with Crippen molar-refractivity contribution in [3.05, 3.63) is 12.2 Å². The van der Waals surface area contributed by atoms with Gasteiger partial charge in [-0.15, -0.1) is 0 Å². The highest BCUT2D eigenvalue weighted by Gasteiger charge is 2.43. The van der Waals surface area contributed by atoms with Crippen LogP contribution in [0.15, 0.2) is 12.2 Å². The first-order chi connectivity index (χ1) is 6.59. The molecule has 2 saturated carbocycles. The van der Waals surface area contributed by atoms with Crippen LogP contribution in [0.3, 0.4) is 0 Å². The summed E-state index contributed by atoms with van der Waals surface area (Å²) in [5.74, 6) is 2.80. The van der Waals surface area contributed by atoms with Crippen LogP contribution in [0, 0.1) is 23.7 Å². The Hall–Kier alpha value is -0.300. The molecule has 0 heterocycles. The van der Waals surface area contributed by atoms with E-state index in [0.29, 0.717) is 5.92 Å². The molecule has 2 aliphatic carbocycles. The molecule has 0 aromatic heterocycles. The monoisotopic (exact) mass is 194 g/mol. The van der Waals surface area contributed by atoms with Gasteiger partial charge in [0.1, 0.15) is 0 Å². The van der Waals surface area contributed by atoms with Crippen LogP contribution < -0.4 is 0 Å². The van der Waals surface area contributed by atoms with Crippen LogP contribution in [0.5, 0.6) is 0 Å². The molecule has 2 aliphatic rings. The lowest BCUT2D eigenvalue weighted by Crippen LogP contribution is -2.31. The summed E-state index contributed by atoms with van der Waals surface area (Å²) in [6.07, 6.45) is 4.65. The van der Waals surface area contributed by atoms with Crippen LogP contribution in [0.1, 0.15) is 39.5 Å². The van der Waals surface area contributed by atoms with E-state index in [9.17, 15) is 5.11 Å². The molecule has 0 aromatic rings. The first kappa shape index (κ1) is 10.2. The zero-order valence-corrected chi connectivity index (χ0v) is 9.37. The minimum Gasteiger partial charge on any atom is -0.393 e. The van der Waals surface area contributed by atoms with Gasteiger partial charge in [-0.2, -0.15) is 0 Å². The minimum absolute atomic E-state index is 0.0243. The minimum atomic E-state index is -0.0243. The third-order valence-corrected chi connectivity index (χ3v) is 4.24. The Morgan fingerprint density at radius 3 is 2.14 bits per heavy atom. The maximum absolute atomic E-state index is 9.70. The molecule has 2 bridgehead atoms. The zero-order chi connectivity index (χ0) is 10.3. The molecule has 2 atom stereocenters. The van der Waals surface area contributed by atoms with E-state index in [2.05, 4.69) is 20.4 Å². The fraction of sp³-hybridized carbons (Fsp3) is 0.846. The number of rotatable bonds is 2. The highest BCUT2D eigenvalue weighted by atomic mass is 16.3. The van der Waals surface area contributed by atoms with E-state index < -0.39 is 0 Å². The molecule has 1 N–H and O–H groups in total. The SMILES string of the molecule is C=C(C(C)C)C1C2CCC1CC(O)C2. The van der Waals surface area contributed by atoms with Crippen LogP contribution >= 0.6 is 0 Å². The van der Waals surface area contributed by atoms with Crippen LogP contribution in [0.2, 0.25) is 0 Å². The van der Waals surface area contributed by atoms with Crippen molar-refractivity contribution in [1.29, 1.82) is 0 Å². The van der Waals surface area contributed by atoms with Crippen molar-refractivity contribution < 1.29 is 5.11 Å². The van der Waals surface area contributed by atoms with E-state index in [-0.39, 0.29) is 6.10 Å². The molecule has 0 amide bonds. The van der Waals surface area contributed by atoms with Gasteiger partial charge in [0.15, 0.2) is 0 Å². The van der Waals surface area contributed by atoms with Crippen molar-refractivity contribution in [1.82, 2.24) is 0 Å². The summed E-state index contributed by atoms with van der Waals surface area (Å²) in [5.41, 5.74) is 1.43. The van der Waals surface area contributed by atoms with Gasteiger partial charge >= 0.3 is 0 Å². The summed E-state index contributed by atoms with van der Waals surface area (Å²) >= 11 is 0. The second-order valence-electron chi connectivity index (χ2n) is 5.48. The van der Waals surface area contributed by atoms with E-state index in [0.717, 1.165) is 30.6 Å². The average molecular weight is 194 g/mol. The van der Waals surface area contributed by atoms with Crippen molar-refractivity contribution in [3.63, 3.8) is 0 Å². The maximum Gasteiger partial charge on any atom is 0.0546 e. The predicted octanol–water partition coefficient (Wildman–Crippen LogP) is 3.00. The van der Waals surface area contributed by atoms with E-state index in [1.807, 2.05) is 0 Å². The lowest BCUT2D eigenvalue weighted by atomic mass is 9.71. The molecule has 1 heteroatoms. The molecule has 80 valence electrons. The summed E-state index contributed by atoms with van der Waals surface area (Å²) in [6, 6.07) is 0. The third-order valence-electron chi connectivity index (χ3n) is 4.24. The smallest absolute Gasteiger partial charge is 0.0546 e. The summed E-state index contributed by atoms with van der Waals surface area (Å²) in [4.78, 5) is 0. The molecule has 2 fully saturated rings. The van der Waals surface area contributed by atoms with E-state index in [1.165, 1.54) is 18.4 Å². The largest absolute Gasteiger partial charge is 0.393 e. The number of allylic oxidation sites excluding steroid dienone is 1. The summed E-state index contributed by atoms with van der Waals surface area (Å²) < 4.78 is 0. The Bertz CT molecular complexity index is 217. The Morgan fingerprint density at radius 1 is 1.21 bits per heavy atom. The Kier molecular flexibility index (Phi) is 2.70. The maximum atomic E-state index is 9.70. The van der Waals surface area contributed by atoms with Gasteiger partial charge in [-0.1, -0.05) is 26.0 Å². The fourth-order valence-corrected chi connectivity index (χ4v) is 3.49. The highest BCUT2D eigenvalue weighted by Crippen LogP contribution is 2.50. The number of hydrogen-bond donors (Lipinski definition) is 1. The molecule has 1 nitrogen and oxygen atoms in total. The second kappa shape index (κ2) is 3.69. The van der Waals surface area contributed by atoms with Gasteiger partial charge in [0.2, 0.25) is 0 Å². The summed E-state index contributed by atoms with van der Waals surface area (Å²) in [5, 5.41) is 9.70. The average Bonchev–Trinajstić information content (AvgIpc) is 2.37. The van der Waals surface area contributed by atoms with Gasteiger partial charge in [0.05, 0.1) is 6.10 Å². The van der Waals surface area contributed by atoms with Crippen molar-refractivity contribution in [2.24, 2.45) is 23.7 Å². The van der Waals surface area contributed by atoms with Crippen molar-refractivity contribution >= 4 is 0 Å². The van der Waals surface area contributed by atoms with Crippen molar-refractivity contribution in [2.45, 2.75) is 45.6 Å². The molecule has 0 aliphatic heterocycles. The second-order valence-corrected chi connectivity index (χ2v) is 5.48. The molecule has 0 saturated heterocycles. The lowest BCUT2D eigenvalue weighted by molar-refractivity contribution is 0.0702. The fourth-order valence-electron chi connectivity index (χ4n) is 3.49. The Labute approximate surface area is 87.2 Å². The molecule has 0 aromatic carbocycles. The summed E-state index contributed by atoms with van der Waals surface area (Å²) in [6.45, 7) is 8.75. The number of fused-ring (bicyclic) bond motifs is 2. The summed E-state index contributed by atoms with van der Waals surface area (Å²) in [7, 11) is 0. The van der Waals surface area contributed by atoms with E-state index in [4.69, 9.17) is 0 Å². The molecule has 14 heavy (non-hydrogen) atoms. The van der Waals surface area contributed by atoms with Crippen molar-refractivity contribution in [3.8, 4) is 0 Å². The molecule has 0 spiro atoms. The molecule has 2 rings (SSSR count). The van der Waals surface area contributed by atoms with Crippen LogP contribution in [0.25, 0.3) is 0 Å². The Balaban J connectivity index is 2.11. The van der Waals surface area contributed by atoms with Gasteiger partial charge in [-0.3, -0.25) is 0 Å². The van der Waals surface area contributed by atoms with E-state index in [1.54, 1.807) is 0 Å². The van der Waals surface area contributed by atoms with Crippen molar-refractivity contribution in [2.75, 3.05) is 0 Å². The molecular weight excluding hydrogens is 172 g/mol. The van der Waals surface area contributed by atoms with Crippen LogP contribution in [0.4, 0.5) is 0 Å². The molecular formula is C13H22O. The quantitative estimate of drug-likeness (QED) is 0.670. The topological polar surface area (TPSA) is 20.2 Å². The first-order valence-electron chi connectivity index (χ1n) is 5.96.